The lowest BCUT2D eigenvalue weighted by Gasteiger charge is -2.13. The molecule has 0 atom stereocenters. The summed E-state index contributed by atoms with van der Waals surface area (Å²) in [6.45, 7) is 0. The van der Waals surface area contributed by atoms with Crippen molar-refractivity contribution in [1.29, 1.82) is 0 Å². The van der Waals surface area contributed by atoms with E-state index >= 15 is 0 Å². The molecule has 0 saturated carbocycles. The number of fused-ring (bicyclic) bond motifs is 1. The fourth-order valence-corrected chi connectivity index (χ4v) is 2.71. The van der Waals surface area contributed by atoms with Crippen LogP contribution in [-0.2, 0) is 0 Å². The number of imide groups is 1. The van der Waals surface area contributed by atoms with Crippen LogP contribution in [0.1, 0.15) is 31.3 Å². The van der Waals surface area contributed by atoms with Crippen LogP contribution in [0.15, 0.2) is 60.9 Å². The van der Waals surface area contributed by atoms with Crippen LogP contribution in [0.5, 0.6) is 0 Å². The van der Waals surface area contributed by atoms with Crippen LogP contribution in [-0.4, -0.2) is 27.7 Å². The lowest BCUT2D eigenvalue weighted by atomic mass is 10.1. The van der Waals surface area contributed by atoms with Crippen LogP contribution in [0, 0.1) is 5.82 Å². The SMILES string of the molecule is O=C(Nc1ccccc1F)c1ccc(N2C(=O)c3nccnc3C2=O)cc1. The second-order valence-electron chi connectivity index (χ2n) is 5.68. The van der Waals surface area contributed by atoms with Gasteiger partial charge in [-0.1, -0.05) is 12.1 Å². The highest BCUT2D eigenvalue weighted by Crippen LogP contribution is 2.26. The lowest BCUT2D eigenvalue weighted by Crippen LogP contribution is -2.29. The maximum atomic E-state index is 13.6. The van der Waals surface area contributed by atoms with Crippen molar-refractivity contribution in [2.24, 2.45) is 0 Å². The molecule has 0 aliphatic carbocycles. The lowest BCUT2D eigenvalue weighted by molar-refractivity contribution is 0.0922. The van der Waals surface area contributed by atoms with E-state index in [-0.39, 0.29) is 28.3 Å². The summed E-state index contributed by atoms with van der Waals surface area (Å²) >= 11 is 0. The fourth-order valence-electron chi connectivity index (χ4n) is 2.71. The molecular weight excluding hydrogens is 351 g/mol. The molecule has 132 valence electrons. The highest BCUT2D eigenvalue weighted by molar-refractivity contribution is 6.33. The Balaban J connectivity index is 1.57. The van der Waals surface area contributed by atoms with Crippen LogP contribution < -0.4 is 10.2 Å². The Bertz CT molecular complexity index is 1050. The molecule has 4 rings (SSSR count). The van der Waals surface area contributed by atoms with Gasteiger partial charge >= 0.3 is 0 Å². The minimum Gasteiger partial charge on any atom is -0.319 e. The molecule has 7 nitrogen and oxygen atoms in total. The van der Waals surface area contributed by atoms with Crippen molar-refractivity contribution in [3.8, 4) is 0 Å². The summed E-state index contributed by atoms with van der Waals surface area (Å²) in [6.07, 6.45) is 2.67. The van der Waals surface area contributed by atoms with Crippen LogP contribution in [0.3, 0.4) is 0 Å². The number of rotatable bonds is 3. The number of carbonyl (C=O) groups is 3. The Kier molecular flexibility index (Phi) is 3.92. The first kappa shape index (κ1) is 16.5. The molecule has 2 heterocycles. The summed E-state index contributed by atoms with van der Waals surface area (Å²) in [5.41, 5.74) is 0.568. The molecule has 3 amide bonds. The molecule has 0 saturated heterocycles. The van der Waals surface area contributed by atoms with Gasteiger partial charge in [0.2, 0.25) is 0 Å². The first-order valence-electron chi connectivity index (χ1n) is 7.92. The predicted octanol–water partition coefficient (Wildman–Crippen LogP) is 2.67. The number of benzene rings is 2. The number of aromatic nitrogens is 2. The van der Waals surface area contributed by atoms with Gasteiger partial charge in [-0.15, -0.1) is 0 Å². The van der Waals surface area contributed by atoms with E-state index in [4.69, 9.17) is 0 Å². The predicted molar refractivity (Wildman–Crippen MR) is 94.0 cm³/mol. The molecule has 0 unspecified atom stereocenters. The molecule has 0 bridgehead atoms. The van der Waals surface area contributed by atoms with Gasteiger partial charge in [0.25, 0.3) is 17.7 Å². The zero-order valence-electron chi connectivity index (χ0n) is 13.7. The number of hydrogen-bond donors (Lipinski definition) is 1. The molecule has 0 radical (unpaired) electrons. The first-order chi connectivity index (χ1) is 13.1. The zero-order chi connectivity index (χ0) is 19.0. The fraction of sp³-hybridized carbons (Fsp3) is 0. The molecule has 1 aliphatic heterocycles. The smallest absolute Gasteiger partial charge is 0.286 e. The average molecular weight is 362 g/mol. The van der Waals surface area contributed by atoms with Crippen LogP contribution >= 0.6 is 0 Å². The number of nitrogens with zero attached hydrogens (tertiary/aromatic N) is 3. The number of anilines is 2. The van der Waals surface area contributed by atoms with Crippen molar-refractivity contribution in [1.82, 2.24) is 9.97 Å². The molecule has 3 aromatic rings. The van der Waals surface area contributed by atoms with Gasteiger partial charge in [-0.25, -0.2) is 19.3 Å². The number of nitrogens with one attached hydrogen (secondary N) is 1. The highest BCUT2D eigenvalue weighted by Gasteiger charge is 2.39. The third-order valence-electron chi connectivity index (χ3n) is 4.02. The van der Waals surface area contributed by atoms with E-state index in [1.807, 2.05) is 0 Å². The molecule has 2 aromatic carbocycles. The van der Waals surface area contributed by atoms with E-state index in [0.717, 1.165) is 4.90 Å². The van der Waals surface area contributed by atoms with Gasteiger partial charge in [-0.05, 0) is 36.4 Å². The number of halogens is 1. The second-order valence-corrected chi connectivity index (χ2v) is 5.68. The van der Waals surface area contributed by atoms with Crippen molar-refractivity contribution < 1.29 is 18.8 Å². The van der Waals surface area contributed by atoms with Crippen LogP contribution in [0.25, 0.3) is 0 Å². The Morgan fingerprint density at radius 2 is 1.48 bits per heavy atom. The maximum Gasteiger partial charge on any atom is 0.286 e. The van der Waals surface area contributed by atoms with Crippen LogP contribution in [0.2, 0.25) is 0 Å². The van der Waals surface area contributed by atoms with Gasteiger partial charge in [0.15, 0.2) is 11.4 Å². The Morgan fingerprint density at radius 3 is 2.07 bits per heavy atom. The van der Waals surface area contributed by atoms with Crippen LogP contribution in [0.4, 0.5) is 15.8 Å². The quantitative estimate of drug-likeness (QED) is 0.723. The monoisotopic (exact) mass is 362 g/mol. The largest absolute Gasteiger partial charge is 0.319 e. The van der Waals surface area contributed by atoms with Crippen molar-refractivity contribution in [2.45, 2.75) is 0 Å². The summed E-state index contributed by atoms with van der Waals surface area (Å²) in [5, 5.41) is 2.47. The molecule has 1 aromatic heterocycles. The molecule has 27 heavy (non-hydrogen) atoms. The number of para-hydroxylation sites is 1. The van der Waals surface area contributed by atoms with Crippen molar-refractivity contribution in [3.05, 3.63) is 83.7 Å². The van der Waals surface area contributed by atoms with Gasteiger partial charge in [-0.2, -0.15) is 0 Å². The molecule has 1 N–H and O–H groups in total. The van der Waals surface area contributed by atoms with Gasteiger partial charge < -0.3 is 5.32 Å². The maximum absolute atomic E-state index is 13.6. The van der Waals surface area contributed by atoms with Crippen molar-refractivity contribution in [2.75, 3.05) is 10.2 Å². The summed E-state index contributed by atoms with van der Waals surface area (Å²) in [7, 11) is 0. The molecular formula is C19H11FN4O3. The molecule has 8 heteroatoms. The number of carbonyl (C=O) groups excluding carboxylic acids is 3. The van der Waals surface area contributed by atoms with Gasteiger partial charge in [-0.3, -0.25) is 14.4 Å². The summed E-state index contributed by atoms with van der Waals surface area (Å²) < 4.78 is 13.6. The normalized spacial score (nSPS) is 12.9. The Hall–Kier alpha value is -3.94. The average Bonchev–Trinajstić information content (AvgIpc) is 2.95. The Morgan fingerprint density at radius 1 is 0.889 bits per heavy atom. The van der Waals surface area contributed by atoms with E-state index in [2.05, 4.69) is 15.3 Å². The second kappa shape index (κ2) is 6.41. The van der Waals surface area contributed by atoms with Gasteiger partial charge in [0, 0.05) is 18.0 Å². The van der Waals surface area contributed by atoms with Crippen molar-refractivity contribution >= 4 is 29.1 Å². The summed E-state index contributed by atoms with van der Waals surface area (Å²) in [6, 6.07) is 11.6. The Labute approximate surface area is 152 Å². The standard InChI is InChI=1S/C19H11FN4O3/c20-13-3-1-2-4-14(13)23-17(25)11-5-7-12(8-6-11)24-18(26)15-16(19(24)27)22-10-9-21-15/h1-10H,(H,23,25). The first-order valence-corrected chi connectivity index (χ1v) is 7.92. The minimum absolute atomic E-state index is 0.0103. The molecule has 0 spiro atoms. The summed E-state index contributed by atoms with van der Waals surface area (Å²) in [4.78, 5) is 45.8. The van der Waals surface area contributed by atoms with E-state index in [0.29, 0.717) is 0 Å². The van der Waals surface area contributed by atoms with E-state index in [9.17, 15) is 18.8 Å². The third kappa shape index (κ3) is 2.82. The highest BCUT2D eigenvalue weighted by atomic mass is 19.1. The van der Waals surface area contributed by atoms with Gasteiger partial charge in [0.05, 0.1) is 11.4 Å². The summed E-state index contributed by atoms with van der Waals surface area (Å²) in [5.74, 6) is -2.22. The van der Waals surface area contributed by atoms with E-state index in [1.165, 1.54) is 54.9 Å². The molecule has 1 aliphatic rings. The third-order valence-corrected chi connectivity index (χ3v) is 4.02. The van der Waals surface area contributed by atoms with E-state index < -0.39 is 23.5 Å². The molecule has 0 fully saturated rings. The number of amides is 3. The number of hydrogen-bond acceptors (Lipinski definition) is 5. The van der Waals surface area contributed by atoms with Gasteiger partial charge in [0.1, 0.15) is 5.82 Å². The topological polar surface area (TPSA) is 92.3 Å². The minimum atomic E-state index is -0.577. The van der Waals surface area contributed by atoms with Crippen molar-refractivity contribution in [3.63, 3.8) is 0 Å². The van der Waals surface area contributed by atoms with E-state index in [1.54, 1.807) is 6.07 Å². The zero-order valence-corrected chi connectivity index (χ0v) is 13.7.